The van der Waals surface area contributed by atoms with Gasteiger partial charge < -0.3 is 5.73 Å². The molecule has 2 heteroatoms. The van der Waals surface area contributed by atoms with E-state index in [-0.39, 0.29) is 0 Å². The van der Waals surface area contributed by atoms with E-state index < -0.39 is 0 Å². The first-order valence-corrected chi connectivity index (χ1v) is 4.30. The number of hydrogen-bond donors (Lipinski definition) is 1. The van der Waals surface area contributed by atoms with Crippen LogP contribution < -0.4 is 5.73 Å². The molecule has 1 aromatic rings. The van der Waals surface area contributed by atoms with Gasteiger partial charge in [-0.3, -0.25) is 4.98 Å². The van der Waals surface area contributed by atoms with Gasteiger partial charge in [-0.05, 0) is 30.9 Å². The van der Waals surface area contributed by atoms with Gasteiger partial charge in [0.1, 0.15) is 0 Å². The average molecular weight is 164 g/mol. The largest absolute Gasteiger partial charge is 0.397 e. The summed E-state index contributed by atoms with van der Waals surface area (Å²) in [6, 6.07) is 1.98. The number of nitrogen functional groups attached to an aromatic ring is 1. The monoisotopic (exact) mass is 164 g/mol. The number of anilines is 1. The maximum absolute atomic E-state index is 5.81. The van der Waals surface area contributed by atoms with E-state index in [4.69, 9.17) is 5.73 Å². The lowest BCUT2D eigenvalue weighted by Crippen LogP contribution is -2.02. The van der Waals surface area contributed by atoms with Crippen molar-refractivity contribution < 1.29 is 0 Å². The van der Waals surface area contributed by atoms with Crippen LogP contribution in [0.25, 0.3) is 0 Å². The van der Waals surface area contributed by atoms with Crippen molar-refractivity contribution in [1.29, 1.82) is 0 Å². The van der Waals surface area contributed by atoms with Gasteiger partial charge in [-0.25, -0.2) is 0 Å². The fourth-order valence-corrected chi connectivity index (χ4v) is 1.18. The first-order valence-electron chi connectivity index (χ1n) is 4.30. The second-order valence-corrected chi connectivity index (χ2v) is 3.65. The molecule has 0 saturated carbocycles. The van der Waals surface area contributed by atoms with E-state index >= 15 is 0 Å². The number of hydrogen-bond acceptors (Lipinski definition) is 2. The fraction of sp³-hybridized carbons (Fsp3) is 0.500. The molecule has 66 valence electrons. The molecule has 0 aromatic carbocycles. The molecule has 1 heterocycles. The van der Waals surface area contributed by atoms with E-state index in [0.717, 1.165) is 23.4 Å². The Balaban J connectivity index is 2.86. The molecule has 0 unspecified atom stereocenters. The van der Waals surface area contributed by atoms with E-state index in [2.05, 4.69) is 18.8 Å². The molecule has 12 heavy (non-hydrogen) atoms. The van der Waals surface area contributed by atoms with Crippen LogP contribution in [0.5, 0.6) is 0 Å². The molecule has 0 fully saturated rings. The van der Waals surface area contributed by atoms with Crippen molar-refractivity contribution in [2.24, 2.45) is 5.92 Å². The Kier molecular flexibility index (Phi) is 2.69. The highest BCUT2D eigenvalue weighted by molar-refractivity contribution is 5.44. The molecule has 0 bridgehead atoms. The van der Waals surface area contributed by atoms with E-state index in [0.29, 0.717) is 5.92 Å². The molecule has 0 amide bonds. The molecule has 0 atom stereocenters. The Morgan fingerprint density at radius 2 is 2.17 bits per heavy atom. The zero-order chi connectivity index (χ0) is 9.14. The predicted octanol–water partition coefficient (Wildman–Crippen LogP) is 2.17. The van der Waals surface area contributed by atoms with Crippen molar-refractivity contribution in [3.8, 4) is 0 Å². The Labute approximate surface area is 73.8 Å². The van der Waals surface area contributed by atoms with Crippen LogP contribution >= 0.6 is 0 Å². The summed E-state index contributed by atoms with van der Waals surface area (Å²) < 4.78 is 0. The van der Waals surface area contributed by atoms with Crippen molar-refractivity contribution in [2.75, 3.05) is 5.73 Å². The molecule has 0 spiro atoms. The van der Waals surface area contributed by atoms with Gasteiger partial charge in [-0.1, -0.05) is 13.8 Å². The van der Waals surface area contributed by atoms with Crippen LogP contribution in [0.4, 0.5) is 5.69 Å². The minimum atomic E-state index is 0.613. The van der Waals surface area contributed by atoms with Crippen LogP contribution in [0.15, 0.2) is 12.3 Å². The number of rotatable bonds is 2. The lowest BCUT2D eigenvalue weighted by atomic mass is 10.1. The van der Waals surface area contributed by atoms with Gasteiger partial charge in [0.25, 0.3) is 0 Å². The summed E-state index contributed by atoms with van der Waals surface area (Å²) in [6.07, 6.45) is 2.83. The van der Waals surface area contributed by atoms with Gasteiger partial charge >= 0.3 is 0 Å². The number of nitrogens with zero attached hydrogens (tertiary/aromatic N) is 1. The molecule has 0 radical (unpaired) electrons. The van der Waals surface area contributed by atoms with Gasteiger partial charge in [-0.2, -0.15) is 0 Å². The number of aryl methyl sites for hydroxylation is 1. The summed E-state index contributed by atoms with van der Waals surface area (Å²) in [5.74, 6) is 0.613. The normalized spacial score (nSPS) is 10.7. The molecule has 0 aliphatic heterocycles. The van der Waals surface area contributed by atoms with Crippen LogP contribution in [0.1, 0.15) is 25.1 Å². The molecule has 1 aromatic heterocycles. The van der Waals surface area contributed by atoms with Crippen molar-refractivity contribution in [3.05, 3.63) is 23.5 Å². The van der Waals surface area contributed by atoms with Crippen molar-refractivity contribution in [1.82, 2.24) is 4.98 Å². The summed E-state index contributed by atoms with van der Waals surface area (Å²) in [7, 11) is 0. The molecule has 1 rings (SSSR count). The maximum atomic E-state index is 5.81. The second kappa shape index (κ2) is 3.57. The van der Waals surface area contributed by atoms with Gasteiger partial charge in [0.05, 0.1) is 11.4 Å². The van der Waals surface area contributed by atoms with Crippen molar-refractivity contribution in [2.45, 2.75) is 27.2 Å². The lowest BCUT2D eigenvalue weighted by molar-refractivity contribution is 0.636. The summed E-state index contributed by atoms with van der Waals surface area (Å²) in [5.41, 5.74) is 8.78. The van der Waals surface area contributed by atoms with Crippen LogP contribution in [0.3, 0.4) is 0 Å². The van der Waals surface area contributed by atoms with Crippen LogP contribution in [-0.4, -0.2) is 4.98 Å². The van der Waals surface area contributed by atoms with Crippen molar-refractivity contribution in [3.63, 3.8) is 0 Å². The van der Waals surface area contributed by atoms with Gasteiger partial charge in [0, 0.05) is 6.20 Å². The Hall–Kier alpha value is -1.05. The summed E-state index contributed by atoms with van der Waals surface area (Å²) in [4.78, 5) is 4.29. The van der Waals surface area contributed by atoms with E-state index in [9.17, 15) is 0 Å². The fourth-order valence-electron chi connectivity index (χ4n) is 1.18. The van der Waals surface area contributed by atoms with E-state index in [1.165, 1.54) is 0 Å². The topological polar surface area (TPSA) is 38.9 Å². The van der Waals surface area contributed by atoms with Crippen molar-refractivity contribution >= 4 is 5.69 Å². The summed E-state index contributed by atoms with van der Waals surface area (Å²) in [6.45, 7) is 6.34. The van der Waals surface area contributed by atoms with Crippen LogP contribution in [0, 0.1) is 12.8 Å². The third-order valence-electron chi connectivity index (χ3n) is 1.74. The van der Waals surface area contributed by atoms with Gasteiger partial charge in [0.15, 0.2) is 0 Å². The molecule has 0 aliphatic carbocycles. The van der Waals surface area contributed by atoms with E-state index in [1.54, 1.807) is 0 Å². The average Bonchev–Trinajstić information content (AvgIpc) is 1.94. The molecule has 0 aliphatic rings. The zero-order valence-corrected chi connectivity index (χ0v) is 7.96. The predicted molar refractivity (Wildman–Crippen MR) is 51.9 cm³/mol. The molecular formula is C10H16N2. The molecular weight excluding hydrogens is 148 g/mol. The summed E-state index contributed by atoms with van der Waals surface area (Å²) in [5, 5.41) is 0. The SMILES string of the molecule is Cc1cnc(CC(C)C)c(N)c1. The standard InChI is InChI=1S/C10H16N2/c1-7(2)4-10-9(11)5-8(3)6-12-10/h5-7H,4,11H2,1-3H3. The minimum Gasteiger partial charge on any atom is -0.397 e. The Morgan fingerprint density at radius 3 is 2.67 bits per heavy atom. The third-order valence-corrected chi connectivity index (χ3v) is 1.74. The Morgan fingerprint density at radius 1 is 1.50 bits per heavy atom. The lowest BCUT2D eigenvalue weighted by Gasteiger charge is -2.07. The van der Waals surface area contributed by atoms with Gasteiger partial charge in [-0.15, -0.1) is 0 Å². The minimum absolute atomic E-state index is 0.613. The first kappa shape index (κ1) is 9.04. The third kappa shape index (κ3) is 2.22. The molecule has 2 N–H and O–H groups in total. The highest BCUT2D eigenvalue weighted by Crippen LogP contribution is 2.14. The zero-order valence-electron chi connectivity index (χ0n) is 7.96. The van der Waals surface area contributed by atoms with Crippen LogP contribution in [0.2, 0.25) is 0 Å². The number of nitrogens with two attached hydrogens (primary N) is 1. The highest BCUT2D eigenvalue weighted by Gasteiger charge is 2.02. The number of pyridine rings is 1. The Bertz CT molecular complexity index is 267. The summed E-state index contributed by atoms with van der Waals surface area (Å²) >= 11 is 0. The quantitative estimate of drug-likeness (QED) is 0.727. The second-order valence-electron chi connectivity index (χ2n) is 3.65. The molecule has 2 nitrogen and oxygen atoms in total. The van der Waals surface area contributed by atoms with Crippen LogP contribution in [-0.2, 0) is 6.42 Å². The smallest absolute Gasteiger partial charge is 0.0635 e. The number of aromatic nitrogens is 1. The first-order chi connectivity index (χ1) is 5.59. The maximum Gasteiger partial charge on any atom is 0.0635 e. The molecule has 0 saturated heterocycles. The highest BCUT2D eigenvalue weighted by atomic mass is 14.7. The van der Waals surface area contributed by atoms with E-state index in [1.807, 2.05) is 19.2 Å². The van der Waals surface area contributed by atoms with Gasteiger partial charge in [0.2, 0.25) is 0 Å².